The molecular formula is C12H20N4O2. The lowest BCUT2D eigenvalue weighted by Gasteiger charge is -2.31. The van der Waals surface area contributed by atoms with Crippen molar-refractivity contribution in [2.75, 3.05) is 20.2 Å². The second-order valence-electron chi connectivity index (χ2n) is 4.73. The van der Waals surface area contributed by atoms with Gasteiger partial charge in [0.05, 0.1) is 13.8 Å². The molecule has 1 aliphatic rings. The number of hydrogen-bond donors (Lipinski definition) is 0. The number of esters is 1. The Hall–Kier alpha value is -1.43. The summed E-state index contributed by atoms with van der Waals surface area (Å²) in [6.45, 7) is 5.12. The molecule has 6 heteroatoms. The van der Waals surface area contributed by atoms with Gasteiger partial charge in [0.25, 0.3) is 5.82 Å². The van der Waals surface area contributed by atoms with E-state index in [0.717, 1.165) is 19.0 Å². The minimum atomic E-state index is -0.487. The van der Waals surface area contributed by atoms with Crippen molar-refractivity contribution in [3.63, 3.8) is 0 Å². The van der Waals surface area contributed by atoms with E-state index in [1.54, 1.807) is 11.0 Å². The van der Waals surface area contributed by atoms with Crippen LogP contribution in [0.4, 0.5) is 0 Å². The van der Waals surface area contributed by atoms with Crippen LogP contribution >= 0.6 is 0 Å². The van der Waals surface area contributed by atoms with Crippen LogP contribution in [0.1, 0.15) is 36.8 Å². The molecule has 1 aliphatic heterocycles. The van der Waals surface area contributed by atoms with Crippen LogP contribution in [0.5, 0.6) is 0 Å². The summed E-state index contributed by atoms with van der Waals surface area (Å²) in [5.41, 5.74) is 0. The van der Waals surface area contributed by atoms with E-state index in [1.165, 1.54) is 26.4 Å². The quantitative estimate of drug-likeness (QED) is 0.752. The van der Waals surface area contributed by atoms with E-state index < -0.39 is 5.97 Å². The zero-order valence-corrected chi connectivity index (χ0v) is 11.0. The lowest BCUT2D eigenvalue weighted by Crippen LogP contribution is -2.36. The Morgan fingerprint density at radius 3 is 3.17 bits per heavy atom. The van der Waals surface area contributed by atoms with E-state index in [9.17, 15) is 4.79 Å². The smallest absolute Gasteiger partial charge is 0.377 e. The van der Waals surface area contributed by atoms with E-state index in [-0.39, 0.29) is 5.82 Å². The maximum atomic E-state index is 11.2. The van der Waals surface area contributed by atoms with Gasteiger partial charge in [-0.25, -0.2) is 14.5 Å². The first kappa shape index (κ1) is 13.0. The number of nitrogens with zero attached hydrogens (tertiary/aromatic N) is 4. The number of carbonyl (C=O) groups excluding carboxylic acids is 1. The Morgan fingerprint density at radius 1 is 1.61 bits per heavy atom. The molecule has 0 saturated carbocycles. The molecule has 6 nitrogen and oxygen atoms in total. The van der Waals surface area contributed by atoms with Crippen LogP contribution in [0, 0.1) is 5.92 Å². The largest absolute Gasteiger partial charge is 0.463 e. The highest BCUT2D eigenvalue weighted by atomic mass is 16.5. The second kappa shape index (κ2) is 5.95. The van der Waals surface area contributed by atoms with Gasteiger partial charge in [0, 0.05) is 6.54 Å². The number of rotatable bonds is 4. The van der Waals surface area contributed by atoms with Gasteiger partial charge in [-0.15, -0.1) is 5.10 Å². The Morgan fingerprint density at radius 2 is 2.44 bits per heavy atom. The summed E-state index contributed by atoms with van der Waals surface area (Å²) in [4.78, 5) is 17.5. The van der Waals surface area contributed by atoms with E-state index in [0.29, 0.717) is 6.67 Å². The molecule has 0 bridgehead atoms. The van der Waals surface area contributed by atoms with Gasteiger partial charge >= 0.3 is 5.97 Å². The molecule has 100 valence electrons. The highest BCUT2D eigenvalue weighted by Crippen LogP contribution is 2.19. The second-order valence-corrected chi connectivity index (χ2v) is 4.73. The number of ether oxygens (including phenoxy) is 1. The van der Waals surface area contributed by atoms with Crippen molar-refractivity contribution in [3.8, 4) is 0 Å². The third-order valence-electron chi connectivity index (χ3n) is 3.43. The third kappa shape index (κ3) is 3.07. The first-order chi connectivity index (χ1) is 8.72. The molecule has 1 atom stereocenters. The highest BCUT2D eigenvalue weighted by Gasteiger charge is 2.19. The highest BCUT2D eigenvalue weighted by molar-refractivity contribution is 5.84. The number of aromatic nitrogens is 3. The lowest BCUT2D eigenvalue weighted by atomic mass is 9.96. The van der Waals surface area contributed by atoms with Crippen molar-refractivity contribution in [1.29, 1.82) is 0 Å². The van der Waals surface area contributed by atoms with Crippen molar-refractivity contribution >= 4 is 5.97 Å². The first-order valence-electron chi connectivity index (χ1n) is 6.43. The molecule has 0 aliphatic carbocycles. The Labute approximate surface area is 107 Å². The maximum Gasteiger partial charge on any atom is 0.377 e. The molecule has 0 aromatic carbocycles. The normalized spacial score (nSPS) is 20.9. The summed E-state index contributed by atoms with van der Waals surface area (Å²) >= 11 is 0. The summed E-state index contributed by atoms with van der Waals surface area (Å²) in [7, 11) is 1.33. The molecule has 2 rings (SSSR count). The predicted octanol–water partition coefficient (Wildman–Crippen LogP) is 1.14. The first-order valence-corrected chi connectivity index (χ1v) is 6.43. The number of hydrogen-bond acceptors (Lipinski definition) is 5. The number of likely N-dealkylation sites (tertiary alicyclic amines) is 1. The van der Waals surface area contributed by atoms with Crippen LogP contribution < -0.4 is 0 Å². The fraction of sp³-hybridized carbons (Fsp3) is 0.750. The fourth-order valence-electron chi connectivity index (χ4n) is 2.37. The van der Waals surface area contributed by atoms with E-state index >= 15 is 0 Å². The minimum Gasteiger partial charge on any atom is -0.463 e. The molecule has 0 spiro atoms. The molecule has 0 radical (unpaired) electrons. The van der Waals surface area contributed by atoms with Gasteiger partial charge in [0.2, 0.25) is 0 Å². The molecular weight excluding hydrogens is 232 g/mol. The van der Waals surface area contributed by atoms with Gasteiger partial charge in [-0.2, -0.15) is 0 Å². The lowest BCUT2D eigenvalue weighted by molar-refractivity contribution is 0.0584. The zero-order valence-electron chi connectivity index (χ0n) is 11.0. The molecule has 1 saturated heterocycles. The summed E-state index contributed by atoms with van der Waals surface area (Å²) in [5, 5.41) is 4.12. The van der Waals surface area contributed by atoms with Gasteiger partial charge in [0.1, 0.15) is 6.33 Å². The molecule has 18 heavy (non-hydrogen) atoms. The molecule has 0 amide bonds. The van der Waals surface area contributed by atoms with Crippen molar-refractivity contribution in [2.24, 2.45) is 5.92 Å². The monoisotopic (exact) mass is 252 g/mol. The van der Waals surface area contributed by atoms with Crippen molar-refractivity contribution < 1.29 is 9.53 Å². The molecule has 1 unspecified atom stereocenters. The number of methoxy groups -OCH3 is 1. The van der Waals surface area contributed by atoms with Crippen LogP contribution in [-0.4, -0.2) is 45.8 Å². The van der Waals surface area contributed by atoms with Crippen LogP contribution in [0.3, 0.4) is 0 Å². The summed E-state index contributed by atoms with van der Waals surface area (Å²) in [5.74, 6) is 0.419. The van der Waals surface area contributed by atoms with E-state index in [1.807, 2.05) is 0 Å². The fourth-order valence-corrected chi connectivity index (χ4v) is 2.37. The number of carbonyl (C=O) groups is 1. The SMILES string of the molecule is CCC1CCCN(Cn2cnc(C(=O)OC)n2)C1. The standard InChI is InChI=1S/C12H20N4O2/c1-3-10-5-4-6-15(7-10)9-16-8-13-11(14-16)12(17)18-2/h8,10H,3-7,9H2,1-2H3. The average molecular weight is 252 g/mol. The Kier molecular flexibility index (Phi) is 4.30. The van der Waals surface area contributed by atoms with E-state index in [2.05, 4.69) is 26.6 Å². The van der Waals surface area contributed by atoms with Crippen LogP contribution in [0.2, 0.25) is 0 Å². The van der Waals surface area contributed by atoms with Crippen molar-refractivity contribution in [2.45, 2.75) is 32.9 Å². The van der Waals surface area contributed by atoms with Crippen molar-refractivity contribution in [1.82, 2.24) is 19.7 Å². The van der Waals surface area contributed by atoms with Gasteiger partial charge in [-0.05, 0) is 25.3 Å². The van der Waals surface area contributed by atoms with Gasteiger partial charge < -0.3 is 4.74 Å². The van der Waals surface area contributed by atoms with Gasteiger partial charge in [-0.3, -0.25) is 4.90 Å². The predicted molar refractivity (Wildman–Crippen MR) is 65.9 cm³/mol. The van der Waals surface area contributed by atoms with Crippen LogP contribution in [0.25, 0.3) is 0 Å². The van der Waals surface area contributed by atoms with Gasteiger partial charge in [-0.1, -0.05) is 13.3 Å². The van der Waals surface area contributed by atoms with E-state index in [4.69, 9.17) is 0 Å². The molecule has 1 aromatic rings. The number of piperidine rings is 1. The molecule has 0 N–H and O–H groups in total. The summed E-state index contributed by atoms with van der Waals surface area (Å²) in [6, 6.07) is 0. The third-order valence-corrected chi connectivity index (χ3v) is 3.43. The topological polar surface area (TPSA) is 60.2 Å². The molecule has 2 heterocycles. The van der Waals surface area contributed by atoms with Crippen molar-refractivity contribution in [3.05, 3.63) is 12.2 Å². The summed E-state index contributed by atoms with van der Waals surface area (Å²) < 4.78 is 6.28. The Balaban J connectivity index is 1.92. The zero-order chi connectivity index (χ0) is 13.0. The molecule has 1 fully saturated rings. The summed E-state index contributed by atoms with van der Waals surface area (Å²) in [6.07, 6.45) is 5.36. The molecule has 1 aromatic heterocycles. The maximum absolute atomic E-state index is 11.2. The minimum absolute atomic E-state index is 0.126. The Bertz CT molecular complexity index is 405. The average Bonchev–Trinajstić information content (AvgIpc) is 2.86. The van der Waals surface area contributed by atoms with Gasteiger partial charge in [0.15, 0.2) is 0 Å². The van der Waals surface area contributed by atoms with Crippen LogP contribution in [-0.2, 0) is 11.4 Å². The van der Waals surface area contributed by atoms with Crippen LogP contribution in [0.15, 0.2) is 6.33 Å².